The van der Waals surface area contributed by atoms with E-state index in [0.29, 0.717) is 5.78 Å². The Morgan fingerprint density at radius 1 is 1.31 bits per heavy atom. The number of halogens is 1. The monoisotopic (exact) mass is 256 g/mol. The molecule has 1 atom stereocenters. The molecule has 0 radical (unpaired) electrons. The zero-order valence-corrected chi connectivity index (χ0v) is 9.40. The van der Waals surface area contributed by atoms with Crippen molar-refractivity contribution < 1.29 is 4.79 Å². The topological polar surface area (TPSA) is 17.1 Å². The summed E-state index contributed by atoms with van der Waals surface area (Å²) in [6, 6.07) is 8.09. The number of hydrogen-bond acceptors (Lipinski definition) is 2. The lowest BCUT2D eigenvalue weighted by molar-refractivity contribution is -0.122. The Balaban J connectivity index is 2.01. The van der Waals surface area contributed by atoms with E-state index in [1.165, 1.54) is 4.90 Å². The second kappa shape index (κ2) is 3.84. The maximum absolute atomic E-state index is 11.1. The van der Waals surface area contributed by atoms with Gasteiger partial charge in [0.15, 0.2) is 0 Å². The average molecular weight is 257 g/mol. The number of carbonyl (C=O) groups excluding carboxylic acids is 1. The van der Waals surface area contributed by atoms with Gasteiger partial charge in [-0.05, 0) is 30.7 Å². The predicted octanol–water partition coefficient (Wildman–Crippen LogP) is 3.27. The molecule has 1 fully saturated rings. The van der Waals surface area contributed by atoms with Crippen molar-refractivity contribution in [1.82, 2.24) is 0 Å². The highest BCUT2D eigenvalue weighted by Gasteiger charge is 2.28. The second-order valence-corrected chi connectivity index (χ2v) is 5.26. The highest BCUT2D eigenvalue weighted by molar-refractivity contribution is 9.10. The molecule has 68 valence electrons. The molecule has 2 rings (SSSR count). The van der Waals surface area contributed by atoms with Gasteiger partial charge in [0.05, 0.1) is 5.25 Å². The van der Waals surface area contributed by atoms with Crippen LogP contribution >= 0.6 is 27.7 Å². The summed E-state index contributed by atoms with van der Waals surface area (Å²) in [6.45, 7) is 0. The minimum Gasteiger partial charge on any atom is -0.298 e. The number of rotatable bonds is 2. The van der Waals surface area contributed by atoms with Crippen LogP contribution in [0.15, 0.2) is 33.6 Å². The minimum absolute atomic E-state index is 0.223. The zero-order valence-electron chi connectivity index (χ0n) is 7.00. The lowest BCUT2D eigenvalue weighted by Crippen LogP contribution is -2.27. The Kier molecular flexibility index (Phi) is 2.74. The quantitative estimate of drug-likeness (QED) is 0.808. The lowest BCUT2D eigenvalue weighted by Gasteiger charge is -2.22. The highest BCUT2D eigenvalue weighted by atomic mass is 79.9. The average Bonchev–Trinajstić information content (AvgIpc) is 2.15. The summed E-state index contributed by atoms with van der Waals surface area (Å²) in [6.07, 6.45) is 1.81. The third-order valence-electron chi connectivity index (χ3n) is 2.10. The second-order valence-electron chi connectivity index (χ2n) is 3.07. The van der Waals surface area contributed by atoms with Crippen molar-refractivity contribution in [2.75, 3.05) is 0 Å². The van der Waals surface area contributed by atoms with Crippen LogP contribution in [0.5, 0.6) is 0 Å². The van der Waals surface area contributed by atoms with E-state index >= 15 is 0 Å². The molecule has 0 saturated heterocycles. The van der Waals surface area contributed by atoms with Crippen LogP contribution in [-0.2, 0) is 4.79 Å². The SMILES string of the molecule is O=C1CC[C@@H]1Sc1ccc(Br)cc1. The van der Waals surface area contributed by atoms with Gasteiger partial charge in [0.2, 0.25) is 0 Å². The number of benzene rings is 1. The van der Waals surface area contributed by atoms with Gasteiger partial charge in [-0.2, -0.15) is 0 Å². The Bertz CT molecular complexity index is 320. The van der Waals surface area contributed by atoms with Gasteiger partial charge in [-0.15, -0.1) is 11.8 Å². The van der Waals surface area contributed by atoms with E-state index in [9.17, 15) is 4.79 Å². The van der Waals surface area contributed by atoms with Gasteiger partial charge < -0.3 is 0 Å². The Morgan fingerprint density at radius 2 is 2.00 bits per heavy atom. The van der Waals surface area contributed by atoms with Crippen LogP contribution in [0.25, 0.3) is 0 Å². The summed E-state index contributed by atoms with van der Waals surface area (Å²) in [5.74, 6) is 0.396. The largest absolute Gasteiger partial charge is 0.298 e. The van der Waals surface area contributed by atoms with Crippen molar-refractivity contribution in [3.63, 3.8) is 0 Å². The molecule has 0 aliphatic heterocycles. The van der Waals surface area contributed by atoms with Crippen molar-refractivity contribution in [2.24, 2.45) is 0 Å². The van der Waals surface area contributed by atoms with E-state index in [2.05, 4.69) is 15.9 Å². The van der Waals surface area contributed by atoms with Gasteiger partial charge in [0.1, 0.15) is 5.78 Å². The van der Waals surface area contributed by atoms with Gasteiger partial charge in [0, 0.05) is 15.8 Å². The Hall–Kier alpha value is -0.280. The van der Waals surface area contributed by atoms with Crippen molar-refractivity contribution in [1.29, 1.82) is 0 Å². The summed E-state index contributed by atoms with van der Waals surface area (Å²) in [4.78, 5) is 12.3. The van der Waals surface area contributed by atoms with Gasteiger partial charge in [-0.25, -0.2) is 0 Å². The molecule has 13 heavy (non-hydrogen) atoms. The van der Waals surface area contributed by atoms with Gasteiger partial charge in [0.25, 0.3) is 0 Å². The van der Waals surface area contributed by atoms with Crippen LogP contribution in [0.3, 0.4) is 0 Å². The summed E-state index contributed by atoms with van der Waals surface area (Å²) >= 11 is 5.06. The summed E-state index contributed by atoms with van der Waals surface area (Å²) in [5.41, 5.74) is 0. The molecular formula is C10H9BrOS. The van der Waals surface area contributed by atoms with E-state index < -0.39 is 0 Å². The first-order chi connectivity index (χ1) is 6.25. The molecule has 0 unspecified atom stereocenters. The van der Waals surface area contributed by atoms with Crippen LogP contribution in [-0.4, -0.2) is 11.0 Å². The molecule has 0 bridgehead atoms. The van der Waals surface area contributed by atoms with Crippen LogP contribution in [0.4, 0.5) is 0 Å². The molecule has 1 nitrogen and oxygen atoms in total. The van der Waals surface area contributed by atoms with E-state index in [1.54, 1.807) is 11.8 Å². The highest BCUT2D eigenvalue weighted by Crippen LogP contribution is 2.34. The number of Topliss-reactive ketones (excluding diaryl/α,β-unsaturated/α-hetero) is 1. The molecule has 1 aromatic rings. The molecular weight excluding hydrogens is 248 g/mol. The normalized spacial score (nSPS) is 21.3. The van der Waals surface area contributed by atoms with Crippen LogP contribution in [0.1, 0.15) is 12.8 Å². The number of thioether (sulfide) groups is 1. The smallest absolute Gasteiger partial charge is 0.146 e. The van der Waals surface area contributed by atoms with E-state index in [0.717, 1.165) is 17.3 Å². The number of hydrogen-bond donors (Lipinski definition) is 0. The van der Waals surface area contributed by atoms with Crippen molar-refractivity contribution in [3.05, 3.63) is 28.7 Å². The predicted molar refractivity (Wildman–Crippen MR) is 58.0 cm³/mol. The Labute approximate surface area is 90.0 Å². The van der Waals surface area contributed by atoms with E-state index in [4.69, 9.17) is 0 Å². The first-order valence-corrected chi connectivity index (χ1v) is 5.88. The van der Waals surface area contributed by atoms with Crippen LogP contribution in [0, 0.1) is 0 Å². The van der Waals surface area contributed by atoms with Crippen LogP contribution < -0.4 is 0 Å². The molecule has 3 heteroatoms. The fourth-order valence-electron chi connectivity index (χ4n) is 1.18. The molecule has 0 spiro atoms. The van der Waals surface area contributed by atoms with Crippen molar-refractivity contribution in [3.8, 4) is 0 Å². The number of ketones is 1. The Morgan fingerprint density at radius 3 is 2.46 bits per heavy atom. The first-order valence-electron chi connectivity index (χ1n) is 4.20. The molecule has 0 aromatic heterocycles. The molecule has 1 aliphatic carbocycles. The molecule has 0 amide bonds. The molecule has 0 N–H and O–H groups in total. The number of carbonyl (C=O) groups is 1. The zero-order chi connectivity index (χ0) is 9.26. The van der Waals surface area contributed by atoms with E-state index in [1.807, 2.05) is 24.3 Å². The maximum Gasteiger partial charge on any atom is 0.146 e. The third-order valence-corrected chi connectivity index (χ3v) is 3.96. The molecule has 0 heterocycles. The minimum atomic E-state index is 0.223. The van der Waals surface area contributed by atoms with Crippen molar-refractivity contribution in [2.45, 2.75) is 23.0 Å². The van der Waals surface area contributed by atoms with Crippen molar-refractivity contribution >= 4 is 33.5 Å². The fourth-order valence-corrected chi connectivity index (χ4v) is 2.55. The summed E-state index contributed by atoms with van der Waals surface area (Å²) < 4.78 is 1.08. The van der Waals surface area contributed by atoms with E-state index in [-0.39, 0.29) is 5.25 Å². The maximum atomic E-state index is 11.1. The lowest BCUT2D eigenvalue weighted by atomic mass is 9.98. The molecule has 1 aliphatic rings. The van der Waals surface area contributed by atoms with Gasteiger partial charge in [-0.1, -0.05) is 15.9 Å². The molecule has 1 aromatic carbocycles. The standard InChI is InChI=1S/C10H9BrOS/c11-7-1-3-8(4-2-7)13-10-6-5-9(10)12/h1-4,10H,5-6H2/t10-/m0/s1. The third kappa shape index (κ3) is 2.15. The fraction of sp³-hybridized carbons (Fsp3) is 0.300. The van der Waals surface area contributed by atoms with Crippen LogP contribution in [0.2, 0.25) is 0 Å². The van der Waals surface area contributed by atoms with Gasteiger partial charge >= 0.3 is 0 Å². The molecule has 1 saturated carbocycles. The van der Waals surface area contributed by atoms with Gasteiger partial charge in [-0.3, -0.25) is 4.79 Å². The first kappa shape index (κ1) is 9.28. The summed E-state index contributed by atoms with van der Waals surface area (Å²) in [7, 11) is 0. The summed E-state index contributed by atoms with van der Waals surface area (Å²) in [5, 5.41) is 0.223.